The van der Waals surface area contributed by atoms with E-state index in [1.54, 1.807) is 11.6 Å². The van der Waals surface area contributed by atoms with Gasteiger partial charge >= 0.3 is 13.2 Å². The Bertz CT molecular complexity index is 958. The van der Waals surface area contributed by atoms with Crippen LogP contribution in [0.4, 0.5) is 0 Å². The molecule has 1 aromatic heterocycles. The van der Waals surface area contributed by atoms with E-state index in [4.69, 9.17) is 11.5 Å². The first-order valence-corrected chi connectivity index (χ1v) is 12.8. The van der Waals surface area contributed by atoms with Crippen LogP contribution >= 0.6 is 0 Å². The molecular weight excluding hydrogens is 443 g/mol. The Morgan fingerprint density at radius 3 is 2.09 bits per heavy atom. The predicted molar refractivity (Wildman–Crippen MR) is 145 cm³/mol. The third-order valence-corrected chi connectivity index (χ3v) is 5.96. The van der Waals surface area contributed by atoms with Crippen molar-refractivity contribution in [3.63, 3.8) is 0 Å². The van der Waals surface area contributed by atoms with E-state index in [1.165, 1.54) is 24.0 Å². The van der Waals surface area contributed by atoms with Crippen LogP contribution in [0, 0.1) is 5.92 Å². The van der Waals surface area contributed by atoms with Crippen molar-refractivity contribution < 1.29 is 14.6 Å². The van der Waals surface area contributed by atoms with Crippen molar-refractivity contribution >= 4 is 30.2 Å². The van der Waals surface area contributed by atoms with Crippen molar-refractivity contribution in [2.45, 2.75) is 91.9 Å². The maximum atomic E-state index is 12.8. The van der Waals surface area contributed by atoms with Crippen LogP contribution < -0.4 is 17.2 Å². The number of rotatable bonds is 7. The summed E-state index contributed by atoms with van der Waals surface area (Å²) in [5, 5.41) is 9.64. The van der Waals surface area contributed by atoms with Crippen LogP contribution in [0.15, 0.2) is 23.0 Å². The molecule has 8 nitrogen and oxygen atoms in total. The van der Waals surface area contributed by atoms with Gasteiger partial charge in [-0.05, 0) is 82.0 Å². The number of imidazole rings is 1. The van der Waals surface area contributed by atoms with E-state index in [1.807, 2.05) is 33.8 Å². The fraction of sp³-hybridized carbons (Fsp3) is 0.654. The molecule has 1 radical (unpaired) electrons. The number of primary amides is 1. The molecule has 1 heterocycles. The number of hydrogen-bond acceptors (Lipinski definition) is 5. The van der Waals surface area contributed by atoms with Crippen molar-refractivity contribution in [2.24, 2.45) is 24.4 Å². The quantitative estimate of drug-likeness (QED) is 0.511. The summed E-state index contributed by atoms with van der Waals surface area (Å²) in [5.74, 6) is 0.247. The molecule has 0 bridgehead atoms. The molecule has 0 aliphatic heterocycles. The van der Waals surface area contributed by atoms with Gasteiger partial charge in [0, 0.05) is 19.4 Å². The summed E-state index contributed by atoms with van der Waals surface area (Å²) >= 11 is 0. The highest BCUT2D eigenvalue weighted by Gasteiger charge is 2.24. The Morgan fingerprint density at radius 2 is 1.63 bits per heavy atom. The van der Waals surface area contributed by atoms with Gasteiger partial charge < -0.3 is 21.3 Å². The highest BCUT2D eigenvalue weighted by molar-refractivity contribution is 6.26. The molecule has 1 fully saturated rings. The molecule has 1 aromatic carbocycles. The third kappa shape index (κ3) is 9.65. The van der Waals surface area contributed by atoms with Gasteiger partial charge in [0.05, 0.1) is 11.0 Å². The second-order valence-corrected chi connectivity index (χ2v) is 8.54. The number of carbonyl (C=O) groups excluding carboxylic acids is 2. The molecule has 1 saturated carbocycles. The van der Waals surface area contributed by atoms with Crippen LogP contribution in [0.5, 0.6) is 0 Å². The van der Waals surface area contributed by atoms with Gasteiger partial charge in [0.15, 0.2) is 0 Å². The number of aromatic nitrogens is 2. The third-order valence-electron chi connectivity index (χ3n) is 5.96. The summed E-state index contributed by atoms with van der Waals surface area (Å²) in [6.07, 6.45) is 4.92. The SMILES string of the molecule is CC.CC.CC(C)=O.Cn1c(=O)n(C([B]O)CCC(N)=O)c2ccc(C3CCC(CN)CC3)cc21. The average Bonchev–Trinajstić information content (AvgIpc) is 3.11. The lowest BCUT2D eigenvalue weighted by Crippen LogP contribution is -2.30. The summed E-state index contributed by atoms with van der Waals surface area (Å²) in [5.41, 5.74) is 13.6. The number of Topliss-reactive ketones (excluding diaryl/α,β-unsaturated/α-hetero) is 1. The maximum absolute atomic E-state index is 12.8. The van der Waals surface area contributed by atoms with Crippen LogP contribution in [-0.2, 0) is 16.6 Å². The largest absolute Gasteiger partial charge is 0.452 e. The summed E-state index contributed by atoms with van der Waals surface area (Å²) in [6, 6.07) is 6.11. The van der Waals surface area contributed by atoms with Gasteiger partial charge in [-0.1, -0.05) is 33.8 Å². The lowest BCUT2D eigenvalue weighted by molar-refractivity contribution is -0.118. The highest BCUT2D eigenvalue weighted by Crippen LogP contribution is 2.36. The first-order chi connectivity index (χ1) is 16.7. The van der Waals surface area contributed by atoms with Gasteiger partial charge in [0.1, 0.15) is 5.78 Å². The van der Waals surface area contributed by atoms with Crippen LogP contribution in [-0.4, -0.2) is 39.9 Å². The Balaban J connectivity index is 0.00000129. The average molecular weight is 489 g/mol. The molecule has 0 spiro atoms. The summed E-state index contributed by atoms with van der Waals surface area (Å²) in [7, 11) is 2.70. The molecule has 2 aromatic rings. The van der Waals surface area contributed by atoms with E-state index in [9.17, 15) is 19.4 Å². The zero-order valence-corrected chi connectivity index (χ0v) is 22.7. The monoisotopic (exact) mass is 489 g/mol. The fourth-order valence-corrected chi connectivity index (χ4v) is 4.25. The molecule has 35 heavy (non-hydrogen) atoms. The van der Waals surface area contributed by atoms with Gasteiger partial charge in [-0.3, -0.25) is 13.9 Å². The molecule has 1 unspecified atom stereocenters. The van der Waals surface area contributed by atoms with E-state index in [0.717, 1.165) is 50.7 Å². The van der Waals surface area contributed by atoms with Crippen molar-refractivity contribution in [3.8, 4) is 0 Å². The van der Waals surface area contributed by atoms with Gasteiger partial charge in [0.2, 0.25) is 5.91 Å². The second-order valence-electron chi connectivity index (χ2n) is 8.54. The standard InChI is InChI=1S/C19H28BN4O3.C3H6O.2C2H6/c1-23-16-10-14(13-4-2-12(11-21)3-5-13)6-7-15(16)24(19(23)26)17(20-27)8-9-18(22)25;1-3(2)4;2*1-2/h6-7,10,12-13,17,27H,2-5,8-9,11,21H2,1H3,(H2,22,25);1-2H3;2*1-2H3. The Labute approximate surface area is 211 Å². The number of ketones is 1. The van der Waals surface area contributed by atoms with Gasteiger partial charge in [-0.2, -0.15) is 0 Å². The summed E-state index contributed by atoms with van der Waals surface area (Å²) < 4.78 is 3.14. The summed E-state index contributed by atoms with van der Waals surface area (Å²) in [6.45, 7) is 11.8. The van der Waals surface area contributed by atoms with Crippen molar-refractivity contribution in [2.75, 3.05) is 6.54 Å². The number of nitrogens with zero attached hydrogens (tertiary/aromatic N) is 2. The molecule has 1 amide bonds. The van der Waals surface area contributed by atoms with Crippen LogP contribution in [0.1, 0.15) is 97.5 Å². The zero-order valence-electron chi connectivity index (χ0n) is 22.7. The van der Waals surface area contributed by atoms with Crippen molar-refractivity contribution in [1.29, 1.82) is 0 Å². The van der Waals surface area contributed by atoms with Crippen molar-refractivity contribution in [3.05, 3.63) is 34.2 Å². The smallest absolute Gasteiger partial charge is 0.328 e. The van der Waals surface area contributed by atoms with Crippen LogP contribution in [0.3, 0.4) is 0 Å². The molecular formula is C26H46BN4O4. The normalized spacial score (nSPS) is 17.5. The lowest BCUT2D eigenvalue weighted by Gasteiger charge is -2.28. The minimum Gasteiger partial charge on any atom is -0.452 e. The number of benzene rings is 1. The van der Waals surface area contributed by atoms with Crippen molar-refractivity contribution in [1.82, 2.24) is 9.13 Å². The highest BCUT2D eigenvalue weighted by atomic mass is 16.2. The molecule has 3 rings (SSSR count). The first-order valence-electron chi connectivity index (χ1n) is 12.8. The maximum Gasteiger partial charge on any atom is 0.328 e. The predicted octanol–water partition coefficient (Wildman–Crippen LogP) is 3.60. The van der Waals surface area contributed by atoms with E-state index in [2.05, 4.69) is 12.1 Å². The van der Waals surface area contributed by atoms with E-state index >= 15 is 0 Å². The molecule has 1 aliphatic rings. The van der Waals surface area contributed by atoms with Gasteiger partial charge in [-0.15, -0.1) is 0 Å². The summed E-state index contributed by atoms with van der Waals surface area (Å²) in [4.78, 5) is 33.3. The van der Waals surface area contributed by atoms with Gasteiger partial charge in [-0.25, -0.2) is 4.79 Å². The number of amides is 1. The number of carbonyl (C=O) groups is 2. The zero-order chi connectivity index (χ0) is 27.1. The van der Waals surface area contributed by atoms with E-state index < -0.39 is 11.8 Å². The number of nitrogens with two attached hydrogens (primary N) is 2. The van der Waals surface area contributed by atoms with Crippen LogP contribution in [0.25, 0.3) is 11.0 Å². The lowest BCUT2D eigenvalue weighted by atomic mass is 9.78. The number of hydrogen-bond donors (Lipinski definition) is 3. The topological polar surface area (TPSA) is 133 Å². The molecule has 0 saturated heterocycles. The molecule has 9 heteroatoms. The van der Waals surface area contributed by atoms with Gasteiger partial charge in [0.25, 0.3) is 0 Å². The Hall–Kier alpha value is -2.39. The van der Waals surface area contributed by atoms with Crippen LogP contribution in [0.2, 0.25) is 0 Å². The Morgan fingerprint density at radius 1 is 1.09 bits per heavy atom. The second kappa shape index (κ2) is 17.1. The first kappa shape index (κ1) is 32.6. The Kier molecular flexibility index (Phi) is 15.9. The molecule has 1 aliphatic carbocycles. The molecule has 5 N–H and O–H groups in total. The van der Waals surface area contributed by atoms with E-state index in [0.29, 0.717) is 11.8 Å². The minimum atomic E-state index is -0.584. The fourth-order valence-electron chi connectivity index (χ4n) is 4.25. The number of aryl methyl sites for hydroxylation is 1. The van der Waals surface area contributed by atoms with E-state index in [-0.39, 0.29) is 24.3 Å². The molecule has 197 valence electrons. The number of fused-ring (bicyclic) bond motifs is 1. The minimum absolute atomic E-state index is 0.104. The molecule has 1 atom stereocenters.